The van der Waals surface area contributed by atoms with Gasteiger partial charge in [0.15, 0.2) is 0 Å². The molecule has 0 radical (unpaired) electrons. The zero-order chi connectivity index (χ0) is 12.3. The van der Waals surface area contributed by atoms with Gasteiger partial charge >= 0.3 is 5.97 Å². The second kappa shape index (κ2) is 5.51. The highest BCUT2D eigenvalue weighted by molar-refractivity contribution is 7.99. The van der Waals surface area contributed by atoms with E-state index in [1.165, 1.54) is 0 Å². The summed E-state index contributed by atoms with van der Waals surface area (Å²) in [6.07, 6.45) is 2.01. The van der Waals surface area contributed by atoms with Crippen LogP contribution in [-0.4, -0.2) is 34.5 Å². The van der Waals surface area contributed by atoms with Gasteiger partial charge in [0.05, 0.1) is 10.6 Å². The van der Waals surface area contributed by atoms with Gasteiger partial charge in [-0.1, -0.05) is 0 Å². The summed E-state index contributed by atoms with van der Waals surface area (Å²) in [5.74, 6) is -0.899. The third-order valence-electron chi connectivity index (χ3n) is 2.63. The van der Waals surface area contributed by atoms with Gasteiger partial charge in [0.25, 0.3) is 0 Å². The number of hydrogen-bond acceptors (Lipinski definition) is 4. The van der Waals surface area contributed by atoms with Crippen LogP contribution in [0.3, 0.4) is 0 Å². The summed E-state index contributed by atoms with van der Waals surface area (Å²) in [7, 11) is 0. The lowest BCUT2D eigenvalue weighted by atomic mass is 10.2. The van der Waals surface area contributed by atoms with Crippen LogP contribution < -0.4 is 0 Å². The molecule has 0 unspecified atom stereocenters. The molecule has 1 N–H and O–H groups in total. The number of aryl methyl sites for hydroxylation is 1. The Hall–Kier alpha value is -1.07. The molecule has 0 spiro atoms. The van der Waals surface area contributed by atoms with Crippen molar-refractivity contribution in [3.05, 3.63) is 23.4 Å². The first-order valence-corrected chi connectivity index (χ1v) is 6.49. The zero-order valence-electron chi connectivity index (χ0n) is 9.68. The Morgan fingerprint density at radius 3 is 2.82 bits per heavy atom. The Balaban J connectivity index is 2.11. The lowest BCUT2D eigenvalue weighted by molar-refractivity contribution is 0.0696. The SMILES string of the molecule is Cc1cc(C(=O)O)cc(SC2CCOCC2)n1. The van der Waals surface area contributed by atoms with Crippen LogP contribution in [0.2, 0.25) is 0 Å². The number of pyridine rings is 1. The molecule has 1 fully saturated rings. The smallest absolute Gasteiger partial charge is 0.335 e. The molecule has 1 aliphatic rings. The third kappa shape index (κ3) is 3.44. The highest BCUT2D eigenvalue weighted by Crippen LogP contribution is 2.29. The summed E-state index contributed by atoms with van der Waals surface area (Å²) in [6, 6.07) is 3.24. The first kappa shape index (κ1) is 12.4. The van der Waals surface area contributed by atoms with Gasteiger partial charge in [-0.2, -0.15) is 0 Å². The number of ether oxygens (including phenoxy) is 1. The van der Waals surface area contributed by atoms with Crippen LogP contribution in [0.1, 0.15) is 28.9 Å². The molecule has 0 bridgehead atoms. The summed E-state index contributed by atoms with van der Waals surface area (Å²) in [4.78, 5) is 15.3. The van der Waals surface area contributed by atoms with Gasteiger partial charge in [0, 0.05) is 24.2 Å². The van der Waals surface area contributed by atoms with Crippen molar-refractivity contribution in [2.45, 2.75) is 30.0 Å². The van der Waals surface area contributed by atoms with Crippen LogP contribution in [0.5, 0.6) is 0 Å². The number of hydrogen-bond donors (Lipinski definition) is 1. The number of carbonyl (C=O) groups is 1. The lowest BCUT2D eigenvalue weighted by Crippen LogP contribution is -2.17. The molecule has 1 aromatic rings. The molecule has 0 amide bonds. The molecule has 1 aliphatic heterocycles. The van der Waals surface area contributed by atoms with Crippen LogP contribution in [0.25, 0.3) is 0 Å². The van der Waals surface area contributed by atoms with Gasteiger partial charge < -0.3 is 9.84 Å². The Morgan fingerprint density at radius 2 is 2.18 bits per heavy atom. The van der Waals surface area contributed by atoms with E-state index in [9.17, 15) is 4.79 Å². The molecule has 2 rings (SSSR count). The van der Waals surface area contributed by atoms with Crippen LogP contribution in [0.4, 0.5) is 0 Å². The number of thioether (sulfide) groups is 1. The molecule has 5 heteroatoms. The Bertz CT molecular complexity index is 416. The van der Waals surface area contributed by atoms with E-state index in [1.54, 1.807) is 23.9 Å². The second-order valence-corrected chi connectivity index (χ2v) is 5.39. The van der Waals surface area contributed by atoms with Gasteiger partial charge in [0.2, 0.25) is 0 Å². The highest BCUT2D eigenvalue weighted by Gasteiger charge is 2.16. The fourth-order valence-corrected chi connectivity index (χ4v) is 2.95. The van der Waals surface area contributed by atoms with Gasteiger partial charge in [-0.3, -0.25) is 0 Å². The number of carboxylic acids is 1. The molecule has 4 nitrogen and oxygen atoms in total. The van der Waals surface area contributed by atoms with Crippen molar-refractivity contribution < 1.29 is 14.6 Å². The number of aromatic nitrogens is 1. The Labute approximate surface area is 104 Å². The number of carboxylic acid groups (broad SMARTS) is 1. The molecule has 1 saturated heterocycles. The number of aromatic carboxylic acids is 1. The van der Waals surface area contributed by atoms with E-state index in [4.69, 9.17) is 9.84 Å². The van der Waals surface area contributed by atoms with Crippen LogP contribution in [-0.2, 0) is 4.74 Å². The molecule has 92 valence electrons. The molecular formula is C12H15NO3S. The van der Waals surface area contributed by atoms with Crippen LogP contribution in [0.15, 0.2) is 17.2 Å². The molecule has 0 aromatic carbocycles. The normalized spacial score (nSPS) is 17.0. The predicted octanol–water partition coefficient (Wildman–Crippen LogP) is 2.36. The maximum absolute atomic E-state index is 10.9. The monoisotopic (exact) mass is 253 g/mol. The van der Waals surface area contributed by atoms with Gasteiger partial charge in [-0.05, 0) is 31.9 Å². The standard InChI is InChI=1S/C12H15NO3S/c1-8-6-9(12(14)15)7-11(13-8)17-10-2-4-16-5-3-10/h6-7,10H,2-5H2,1H3,(H,14,15). The van der Waals surface area contributed by atoms with E-state index in [0.29, 0.717) is 10.8 Å². The fraction of sp³-hybridized carbons (Fsp3) is 0.500. The van der Waals surface area contributed by atoms with Crippen molar-refractivity contribution in [2.24, 2.45) is 0 Å². The summed E-state index contributed by atoms with van der Waals surface area (Å²) in [6.45, 7) is 3.39. The van der Waals surface area contributed by atoms with E-state index >= 15 is 0 Å². The Morgan fingerprint density at radius 1 is 1.47 bits per heavy atom. The first-order chi connectivity index (χ1) is 8.15. The van der Waals surface area contributed by atoms with Crippen LogP contribution >= 0.6 is 11.8 Å². The van der Waals surface area contributed by atoms with Crippen molar-refractivity contribution in [3.63, 3.8) is 0 Å². The molecule has 0 aliphatic carbocycles. The average Bonchev–Trinajstić information content (AvgIpc) is 2.29. The fourth-order valence-electron chi connectivity index (χ4n) is 1.79. The predicted molar refractivity (Wildman–Crippen MR) is 65.6 cm³/mol. The number of rotatable bonds is 3. The molecule has 0 atom stereocenters. The van der Waals surface area contributed by atoms with E-state index in [1.807, 2.05) is 6.92 Å². The first-order valence-electron chi connectivity index (χ1n) is 5.61. The van der Waals surface area contributed by atoms with Crippen molar-refractivity contribution in [1.82, 2.24) is 4.98 Å². The maximum Gasteiger partial charge on any atom is 0.335 e. The third-order valence-corrected chi connectivity index (χ3v) is 3.89. The molecule has 17 heavy (non-hydrogen) atoms. The van der Waals surface area contributed by atoms with Crippen molar-refractivity contribution in [1.29, 1.82) is 0 Å². The van der Waals surface area contributed by atoms with E-state index < -0.39 is 5.97 Å². The maximum atomic E-state index is 10.9. The van der Waals surface area contributed by atoms with Gasteiger partial charge in [-0.25, -0.2) is 9.78 Å². The van der Waals surface area contributed by atoms with E-state index in [2.05, 4.69) is 4.98 Å². The molecule has 1 aromatic heterocycles. The van der Waals surface area contributed by atoms with Crippen molar-refractivity contribution >= 4 is 17.7 Å². The zero-order valence-corrected chi connectivity index (χ0v) is 10.5. The summed E-state index contributed by atoms with van der Waals surface area (Å²) in [5, 5.41) is 10.3. The van der Waals surface area contributed by atoms with E-state index in [-0.39, 0.29) is 0 Å². The quantitative estimate of drug-likeness (QED) is 0.896. The number of nitrogens with zero attached hydrogens (tertiary/aromatic N) is 1. The van der Waals surface area contributed by atoms with Crippen molar-refractivity contribution in [3.8, 4) is 0 Å². The average molecular weight is 253 g/mol. The largest absolute Gasteiger partial charge is 0.478 e. The van der Waals surface area contributed by atoms with Crippen LogP contribution in [0, 0.1) is 6.92 Å². The molecule has 2 heterocycles. The summed E-state index contributed by atoms with van der Waals surface area (Å²) in [5.41, 5.74) is 1.06. The minimum atomic E-state index is -0.899. The Kier molecular flexibility index (Phi) is 4.02. The topological polar surface area (TPSA) is 59.4 Å². The molecular weight excluding hydrogens is 238 g/mol. The van der Waals surface area contributed by atoms with Gasteiger partial charge in [0.1, 0.15) is 0 Å². The summed E-state index contributed by atoms with van der Waals surface area (Å²) < 4.78 is 5.30. The molecule has 0 saturated carbocycles. The minimum absolute atomic E-state index is 0.312. The highest BCUT2D eigenvalue weighted by atomic mass is 32.2. The minimum Gasteiger partial charge on any atom is -0.478 e. The van der Waals surface area contributed by atoms with Crippen molar-refractivity contribution in [2.75, 3.05) is 13.2 Å². The lowest BCUT2D eigenvalue weighted by Gasteiger charge is -2.21. The van der Waals surface area contributed by atoms with Gasteiger partial charge in [-0.15, -0.1) is 11.8 Å². The summed E-state index contributed by atoms with van der Waals surface area (Å²) >= 11 is 1.66. The van der Waals surface area contributed by atoms with E-state index in [0.717, 1.165) is 36.8 Å². The second-order valence-electron chi connectivity index (χ2n) is 4.07.